The van der Waals surface area contributed by atoms with Crippen molar-refractivity contribution in [1.29, 1.82) is 0 Å². The molecule has 2 aromatic heterocycles. The minimum Gasteiger partial charge on any atom is -0.397 e. The fraction of sp³-hybridized carbons (Fsp3) is 0. The number of hydrogen-bond acceptors (Lipinski definition) is 3. The summed E-state index contributed by atoms with van der Waals surface area (Å²) in [4.78, 5) is 12.6. The Balaban J connectivity index is 1.37. The van der Waals surface area contributed by atoms with Crippen LogP contribution < -0.4 is 32.4 Å². The molecule has 0 saturated carbocycles. The van der Waals surface area contributed by atoms with Gasteiger partial charge in [-0.15, -0.1) is 0 Å². The number of rotatable bonds is 4. The van der Waals surface area contributed by atoms with Gasteiger partial charge in [-0.2, -0.15) is 0 Å². The highest BCUT2D eigenvalue weighted by Gasteiger charge is 2.28. The normalized spacial score (nSPS) is 15.1. The number of allylic oxidation sites excluding steroid dienone is 3. The Morgan fingerprint density at radius 2 is 1.16 bits per heavy atom. The number of nitrogens with one attached hydrogen (secondary N) is 3. The van der Waals surface area contributed by atoms with Crippen LogP contribution in [-0.2, 0) is 0 Å². The third-order valence-electron chi connectivity index (χ3n) is 9.21. The van der Waals surface area contributed by atoms with E-state index in [-0.39, 0.29) is 0 Å². The average molecular weight is 631 g/mol. The van der Waals surface area contributed by atoms with E-state index in [0.29, 0.717) is 5.70 Å². The Morgan fingerprint density at radius 1 is 0.571 bits per heavy atom. The molecule has 6 aromatic rings. The van der Waals surface area contributed by atoms with Crippen LogP contribution in [-0.4, -0.2) is 15.7 Å². The summed E-state index contributed by atoms with van der Waals surface area (Å²) in [6.45, 7) is 0. The van der Waals surface area contributed by atoms with Gasteiger partial charge < -0.3 is 15.7 Å². The lowest BCUT2D eigenvalue weighted by atomic mass is 10.00. The third-order valence-corrected chi connectivity index (χ3v) is 9.21. The third kappa shape index (κ3) is 5.24. The molecule has 0 atom stereocenters. The molecule has 9 rings (SSSR count). The lowest BCUT2D eigenvalue weighted by Gasteiger charge is -2.03. The van der Waals surface area contributed by atoms with Gasteiger partial charge >= 0.3 is 0 Å². The molecule has 5 heterocycles. The molecule has 0 fully saturated rings. The molecule has 49 heavy (non-hydrogen) atoms. The van der Waals surface area contributed by atoms with Crippen molar-refractivity contribution in [3.8, 4) is 22.3 Å². The van der Waals surface area contributed by atoms with Crippen molar-refractivity contribution < 1.29 is 0 Å². The van der Waals surface area contributed by atoms with Gasteiger partial charge in [0.1, 0.15) is 16.6 Å². The van der Waals surface area contributed by atoms with E-state index in [0.717, 1.165) is 88.7 Å². The van der Waals surface area contributed by atoms with Crippen LogP contribution in [0.25, 0.3) is 56.6 Å². The Kier molecular flexibility index (Phi) is 6.87. The number of hydrogen-bond donors (Lipinski definition) is 4. The van der Waals surface area contributed by atoms with Crippen molar-refractivity contribution in [3.05, 3.63) is 196 Å². The quantitative estimate of drug-likeness (QED) is 0.187. The topological polar surface area (TPSA) is 82.0 Å². The van der Waals surface area contributed by atoms with Crippen molar-refractivity contribution in [2.75, 3.05) is 0 Å². The largest absolute Gasteiger partial charge is 0.397 e. The zero-order chi connectivity index (χ0) is 32.7. The van der Waals surface area contributed by atoms with Crippen LogP contribution in [0.15, 0.2) is 162 Å². The van der Waals surface area contributed by atoms with Gasteiger partial charge in [-0.05, 0) is 53.1 Å². The first-order chi connectivity index (χ1) is 24.2. The van der Waals surface area contributed by atoms with Crippen LogP contribution >= 0.6 is 0 Å². The monoisotopic (exact) mass is 630 g/mol. The van der Waals surface area contributed by atoms with Crippen LogP contribution in [0.5, 0.6) is 0 Å². The summed E-state index contributed by atoms with van der Waals surface area (Å²) in [5.74, 6) is 0. The SMILES string of the molecule is NC1=c2[nH]c(cc2-c2ccccc2)=C2[CH+]C(c3ccccc3)=C(C=CC3=NC(=c4cc(-c5ccccc5)c([nH]4)=C1)C=C3c1ccccc1)N2. The van der Waals surface area contributed by atoms with Crippen molar-refractivity contribution in [2.24, 2.45) is 10.7 Å². The van der Waals surface area contributed by atoms with Crippen molar-refractivity contribution >= 4 is 40.0 Å². The fourth-order valence-electron chi connectivity index (χ4n) is 6.79. The molecule has 232 valence electrons. The minimum absolute atomic E-state index is 0.624. The predicted octanol–water partition coefficient (Wildman–Crippen LogP) is 5.77. The number of benzene rings is 4. The molecule has 3 aliphatic rings. The summed E-state index contributed by atoms with van der Waals surface area (Å²) < 4.78 is 0. The van der Waals surface area contributed by atoms with Gasteiger partial charge in [0.2, 0.25) is 0 Å². The molecular weight excluding hydrogens is 599 g/mol. The Labute approximate surface area is 283 Å². The van der Waals surface area contributed by atoms with Gasteiger partial charge in [0.25, 0.3) is 0 Å². The highest BCUT2D eigenvalue weighted by atomic mass is 14.9. The van der Waals surface area contributed by atoms with Crippen molar-refractivity contribution in [2.45, 2.75) is 0 Å². The molecule has 0 aliphatic carbocycles. The molecule has 0 saturated heterocycles. The smallest absolute Gasteiger partial charge is 0.157 e. The first kappa shape index (κ1) is 28.5. The van der Waals surface area contributed by atoms with Gasteiger partial charge in [-0.25, -0.2) is 4.99 Å². The molecule has 5 N–H and O–H groups in total. The van der Waals surface area contributed by atoms with Crippen molar-refractivity contribution in [1.82, 2.24) is 15.3 Å². The van der Waals surface area contributed by atoms with Gasteiger partial charge in [-0.1, -0.05) is 109 Å². The molecule has 3 aliphatic heterocycles. The highest BCUT2D eigenvalue weighted by Crippen LogP contribution is 2.32. The Hall–Kier alpha value is -6.72. The summed E-state index contributed by atoms with van der Waals surface area (Å²) in [6.07, 6.45) is 10.7. The second-order valence-electron chi connectivity index (χ2n) is 12.3. The lowest BCUT2D eigenvalue weighted by molar-refractivity contribution is 1.14. The van der Waals surface area contributed by atoms with Crippen molar-refractivity contribution in [3.63, 3.8) is 0 Å². The molecule has 0 amide bonds. The molecule has 4 aromatic carbocycles. The molecule has 5 heteroatoms. The maximum Gasteiger partial charge on any atom is 0.157 e. The summed E-state index contributed by atoms with van der Waals surface area (Å²) >= 11 is 0. The summed E-state index contributed by atoms with van der Waals surface area (Å²) in [6, 6.07) is 46.1. The number of aromatic nitrogens is 2. The highest BCUT2D eigenvalue weighted by molar-refractivity contribution is 6.34. The number of nitrogens with two attached hydrogens (primary N) is 1. The van der Waals surface area contributed by atoms with Crippen LogP contribution in [0.3, 0.4) is 0 Å². The van der Waals surface area contributed by atoms with E-state index in [4.69, 9.17) is 10.7 Å². The Morgan fingerprint density at radius 3 is 1.84 bits per heavy atom. The number of aromatic amines is 2. The van der Waals surface area contributed by atoms with E-state index in [2.05, 4.69) is 149 Å². The second kappa shape index (κ2) is 11.8. The zero-order valence-electron chi connectivity index (χ0n) is 26.6. The van der Waals surface area contributed by atoms with Crippen LogP contribution in [0.4, 0.5) is 0 Å². The lowest BCUT2D eigenvalue weighted by Crippen LogP contribution is -2.23. The molecular formula is C44H32N5+. The Bertz CT molecular complexity index is 2620. The molecule has 8 bridgehead atoms. The predicted molar refractivity (Wildman–Crippen MR) is 202 cm³/mol. The van der Waals surface area contributed by atoms with E-state index in [1.807, 2.05) is 30.3 Å². The first-order valence-corrected chi connectivity index (χ1v) is 16.4. The van der Waals surface area contributed by atoms with Gasteiger partial charge in [0.15, 0.2) is 5.70 Å². The van der Waals surface area contributed by atoms with Gasteiger partial charge in [0, 0.05) is 34.2 Å². The average Bonchev–Trinajstić information content (AvgIpc) is 3.96. The molecule has 0 unspecified atom stereocenters. The van der Waals surface area contributed by atoms with Crippen LogP contribution in [0.2, 0.25) is 0 Å². The standard InChI is InChI=1S/C44H32N5/c45-36-27-39-34(30-17-9-3-10-18-30)25-41(48-39)40-23-32(28-13-5-1-6-14-28)37(46-40)21-22-38-33(29-15-7-2-8-16-29)24-42(47-38)43-26-35(44(36)49-43)31-19-11-4-12-20-31/h1-27,47-49H,45H2/q+1. The van der Waals surface area contributed by atoms with E-state index < -0.39 is 0 Å². The van der Waals surface area contributed by atoms with E-state index >= 15 is 0 Å². The maximum atomic E-state index is 7.07. The summed E-state index contributed by atoms with van der Waals surface area (Å²) in [5, 5.41) is 7.37. The zero-order valence-corrected chi connectivity index (χ0v) is 26.6. The fourth-order valence-corrected chi connectivity index (χ4v) is 6.79. The van der Waals surface area contributed by atoms with E-state index in [1.165, 1.54) is 0 Å². The van der Waals surface area contributed by atoms with E-state index in [9.17, 15) is 0 Å². The maximum absolute atomic E-state index is 7.07. The van der Waals surface area contributed by atoms with Gasteiger partial charge in [0.05, 0.1) is 39.8 Å². The van der Waals surface area contributed by atoms with E-state index in [1.54, 1.807) is 0 Å². The van der Waals surface area contributed by atoms with Crippen LogP contribution in [0.1, 0.15) is 11.1 Å². The number of fused-ring (bicyclic) bond motifs is 7. The molecule has 5 nitrogen and oxygen atoms in total. The number of aliphatic imine (C=N–C) groups is 1. The number of nitrogens with zero attached hydrogens (tertiary/aromatic N) is 1. The minimum atomic E-state index is 0.624. The van der Waals surface area contributed by atoms with Crippen LogP contribution in [0, 0.1) is 6.42 Å². The summed E-state index contributed by atoms with van der Waals surface area (Å²) in [7, 11) is 0. The van der Waals surface area contributed by atoms with Gasteiger partial charge in [-0.3, -0.25) is 5.32 Å². The second-order valence-corrected chi connectivity index (χ2v) is 12.3. The molecule has 0 spiro atoms. The number of H-pyrrole nitrogens is 2. The first-order valence-electron chi connectivity index (χ1n) is 16.4. The molecule has 0 radical (unpaired) electrons. The summed E-state index contributed by atoms with van der Waals surface area (Å²) in [5.41, 5.74) is 20.1.